The molecule has 4 fully saturated rings. The highest BCUT2D eigenvalue weighted by Crippen LogP contribution is 2.68. The fourth-order valence-corrected chi connectivity index (χ4v) is 8.53. The molecule has 4 aliphatic carbocycles. The Kier molecular flexibility index (Phi) is 5.55. The van der Waals surface area contributed by atoms with Crippen LogP contribution < -0.4 is 0 Å². The highest BCUT2D eigenvalue weighted by molar-refractivity contribution is 5.80. The highest BCUT2D eigenvalue weighted by atomic mass is 16.5. The Morgan fingerprint density at radius 2 is 1.50 bits per heavy atom. The minimum atomic E-state index is -0.239. The molecule has 0 N–H and O–H groups in total. The Hall–Kier alpha value is -1.39. The number of fused-ring (bicyclic) bond motifs is 5. The summed E-state index contributed by atoms with van der Waals surface area (Å²) in [5, 5.41) is 0. The molecule has 0 saturated heterocycles. The first-order valence-electron chi connectivity index (χ1n) is 11.9. The Morgan fingerprint density at radius 1 is 0.800 bits per heavy atom. The van der Waals surface area contributed by atoms with Crippen LogP contribution in [0.4, 0.5) is 0 Å². The number of ether oxygens (including phenoxy) is 2. The Bertz CT molecular complexity index is 731. The number of carbonyl (C=O) groups excluding carboxylic acids is 3. The van der Waals surface area contributed by atoms with Crippen LogP contribution >= 0.6 is 0 Å². The van der Waals surface area contributed by atoms with Gasteiger partial charge in [-0.1, -0.05) is 13.8 Å². The number of esters is 2. The lowest BCUT2D eigenvalue weighted by molar-refractivity contribution is -0.195. The molecule has 0 spiro atoms. The monoisotopic (exact) mass is 418 g/mol. The van der Waals surface area contributed by atoms with E-state index in [1.165, 1.54) is 26.7 Å². The van der Waals surface area contributed by atoms with E-state index in [0.29, 0.717) is 23.7 Å². The molecule has 5 heteroatoms. The van der Waals surface area contributed by atoms with Gasteiger partial charge in [-0.15, -0.1) is 0 Å². The predicted octanol–water partition coefficient (Wildman–Crippen LogP) is 4.71. The van der Waals surface area contributed by atoms with Gasteiger partial charge in [-0.3, -0.25) is 14.4 Å². The molecule has 4 aliphatic rings. The maximum absolute atomic E-state index is 12.5. The molecule has 1 unspecified atom stereocenters. The van der Waals surface area contributed by atoms with E-state index in [1.54, 1.807) is 6.92 Å². The van der Waals surface area contributed by atoms with E-state index >= 15 is 0 Å². The summed E-state index contributed by atoms with van der Waals surface area (Å²) in [5.41, 5.74) is -0.0512. The average molecular weight is 419 g/mol. The molecule has 0 amide bonds. The highest BCUT2D eigenvalue weighted by Gasteiger charge is 2.65. The molecule has 0 aromatic rings. The van der Waals surface area contributed by atoms with Crippen LogP contribution in [0.3, 0.4) is 0 Å². The summed E-state index contributed by atoms with van der Waals surface area (Å²) in [6, 6.07) is 0. The topological polar surface area (TPSA) is 69.7 Å². The zero-order chi connectivity index (χ0) is 21.8. The van der Waals surface area contributed by atoms with E-state index < -0.39 is 0 Å². The van der Waals surface area contributed by atoms with Crippen molar-refractivity contribution in [2.24, 2.45) is 40.4 Å². The Balaban J connectivity index is 1.64. The van der Waals surface area contributed by atoms with E-state index in [1.807, 2.05) is 0 Å². The van der Waals surface area contributed by atoms with Crippen molar-refractivity contribution >= 4 is 17.7 Å². The number of hydrogen-bond donors (Lipinski definition) is 0. The van der Waals surface area contributed by atoms with Gasteiger partial charge < -0.3 is 9.47 Å². The van der Waals surface area contributed by atoms with Gasteiger partial charge in [-0.25, -0.2) is 0 Å². The largest absolute Gasteiger partial charge is 0.463 e. The van der Waals surface area contributed by atoms with Gasteiger partial charge in [0.25, 0.3) is 0 Å². The first-order valence-corrected chi connectivity index (χ1v) is 11.9. The van der Waals surface area contributed by atoms with Crippen LogP contribution in [-0.2, 0) is 23.9 Å². The quantitative estimate of drug-likeness (QED) is 0.621. The summed E-state index contributed by atoms with van der Waals surface area (Å²) >= 11 is 0. The number of rotatable bonds is 3. The van der Waals surface area contributed by atoms with E-state index in [4.69, 9.17) is 9.47 Å². The Morgan fingerprint density at radius 3 is 2.13 bits per heavy atom. The van der Waals surface area contributed by atoms with Crippen LogP contribution in [-0.4, -0.2) is 29.9 Å². The van der Waals surface area contributed by atoms with Crippen molar-refractivity contribution in [3.63, 3.8) is 0 Å². The summed E-state index contributed by atoms with van der Waals surface area (Å²) < 4.78 is 11.6. The van der Waals surface area contributed by atoms with Crippen molar-refractivity contribution in [3.8, 4) is 0 Å². The van der Waals surface area contributed by atoms with Crippen LogP contribution in [0.2, 0.25) is 0 Å². The number of Topliss-reactive ketones (excluding diaryl/α,β-unsaturated/α-hetero) is 1. The second-order valence-corrected chi connectivity index (χ2v) is 11.1. The van der Waals surface area contributed by atoms with Gasteiger partial charge in [0, 0.05) is 25.2 Å². The molecule has 0 bridgehead atoms. The third kappa shape index (κ3) is 3.31. The van der Waals surface area contributed by atoms with Crippen LogP contribution in [0.1, 0.15) is 86.0 Å². The van der Waals surface area contributed by atoms with E-state index in [9.17, 15) is 14.4 Å². The SMILES string of the molecule is CC(=O)O[C@H]1CC[C@]2(C)C(CC[C@@H]3[C@H]4CC[C@@H](C(C)=O)[C@]4(C)[C@H](OC(C)=O)C[C@H]32)C1. The lowest BCUT2D eigenvalue weighted by atomic mass is 9.44. The maximum atomic E-state index is 12.5. The zero-order valence-corrected chi connectivity index (χ0v) is 19.2. The van der Waals surface area contributed by atoms with Crippen molar-refractivity contribution in [2.75, 3.05) is 0 Å². The second kappa shape index (κ2) is 7.63. The Labute approximate surface area is 180 Å². The molecule has 0 aliphatic heterocycles. The van der Waals surface area contributed by atoms with E-state index in [0.717, 1.165) is 38.5 Å². The van der Waals surface area contributed by atoms with Crippen molar-refractivity contribution in [1.82, 2.24) is 0 Å². The fraction of sp³-hybridized carbons (Fsp3) is 0.880. The normalized spacial score (nSPS) is 47.4. The third-order valence-electron chi connectivity index (χ3n) is 9.82. The van der Waals surface area contributed by atoms with E-state index in [2.05, 4.69) is 13.8 Å². The summed E-state index contributed by atoms with van der Waals surface area (Å²) in [6.07, 6.45) is 8.00. The minimum Gasteiger partial charge on any atom is -0.463 e. The van der Waals surface area contributed by atoms with Gasteiger partial charge in [0.05, 0.1) is 0 Å². The minimum absolute atomic E-state index is 0.00182. The first kappa shape index (κ1) is 21.8. The molecule has 4 rings (SSSR count). The van der Waals surface area contributed by atoms with Crippen LogP contribution in [0, 0.1) is 40.4 Å². The molecule has 5 nitrogen and oxygen atoms in total. The number of carbonyl (C=O) groups is 3. The summed E-state index contributed by atoms with van der Waals surface area (Å²) in [6.45, 7) is 9.37. The second-order valence-electron chi connectivity index (χ2n) is 11.1. The maximum Gasteiger partial charge on any atom is 0.302 e. The molecule has 9 atom stereocenters. The fourth-order valence-electron chi connectivity index (χ4n) is 8.53. The summed E-state index contributed by atoms with van der Waals surface area (Å²) in [4.78, 5) is 36.0. The van der Waals surface area contributed by atoms with Crippen molar-refractivity contribution in [2.45, 2.75) is 98.2 Å². The van der Waals surface area contributed by atoms with Gasteiger partial charge in [0.2, 0.25) is 0 Å². The van der Waals surface area contributed by atoms with Gasteiger partial charge in [-0.05, 0) is 87.4 Å². The van der Waals surface area contributed by atoms with Crippen LogP contribution in [0.5, 0.6) is 0 Å². The molecule has 0 radical (unpaired) electrons. The van der Waals surface area contributed by atoms with Crippen molar-refractivity contribution in [1.29, 1.82) is 0 Å². The summed E-state index contributed by atoms with van der Waals surface area (Å²) in [5.74, 6) is 1.92. The van der Waals surface area contributed by atoms with Gasteiger partial charge >= 0.3 is 11.9 Å². The smallest absolute Gasteiger partial charge is 0.302 e. The standard InChI is InChI=1S/C25H38O5/c1-14(26)20-8-9-21-19-7-6-17-12-18(29-15(2)27)10-11-24(17,4)22(19)13-23(25(20,21)5)30-16(3)28/h17-23H,6-13H2,1-5H3/t17?,18-,19+,20-,21+,22+,23+,24+,25-/m0/s1. The number of hydrogen-bond acceptors (Lipinski definition) is 5. The molecule has 0 aromatic heterocycles. The summed E-state index contributed by atoms with van der Waals surface area (Å²) in [7, 11) is 0. The van der Waals surface area contributed by atoms with Crippen LogP contribution in [0.25, 0.3) is 0 Å². The third-order valence-corrected chi connectivity index (χ3v) is 9.82. The number of ketones is 1. The molecule has 168 valence electrons. The van der Waals surface area contributed by atoms with Gasteiger partial charge in [0.1, 0.15) is 18.0 Å². The molecule has 0 aromatic carbocycles. The molecule has 30 heavy (non-hydrogen) atoms. The van der Waals surface area contributed by atoms with Crippen LogP contribution in [0.15, 0.2) is 0 Å². The van der Waals surface area contributed by atoms with Gasteiger partial charge in [0.15, 0.2) is 0 Å². The molecule has 4 saturated carbocycles. The molecule has 0 heterocycles. The molecular weight excluding hydrogens is 380 g/mol. The zero-order valence-electron chi connectivity index (χ0n) is 19.2. The predicted molar refractivity (Wildman–Crippen MR) is 112 cm³/mol. The van der Waals surface area contributed by atoms with Crippen molar-refractivity contribution in [3.05, 3.63) is 0 Å². The van der Waals surface area contributed by atoms with Gasteiger partial charge in [-0.2, -0.15) is 0 Å². The lowest BCUT2D eigenvalue weighted by Crippen LogP contribution is -2.59. The first-order chi connectivity index (χ1) is 14.1. The average Bonchev–Trinajstić information content (AvgIpc) is 3.01. The van der Waals surface area contributed by atoms with E-state index in [-0.39, 0.29) is 46.7 Å². The van der Waals surface area contributed by atoms with Crippen molar-refractivity contribution < 1.29 is 23.9 Å². The molecular formula is C25H38O5. The lowest BCUT2D eigenvalue weighted by Gasteiger charge is -2.62.